The lowest BCUT2D eigenvalue weighted by Crippen LogP contribution is -2.64. The van der Waals surface area contributed by atoms with E-state index >= 15 is 0 Å². The van der Waals surface area contributed by atoms with Crippen LogP contribution in [0.1, 0.15) is 0 Å². The van der Waals surface area contributed by atoms with Crippen LogP contribution in [0.5, 0.6) is 23.0 Å². The Morgan fingerprint density at radius 1 is 0.231 bits per heavy atom. The van der Waals surface area contributed by atoms with E-state index in [1.165, 1.54) is 16.4 Å². The Morgan fingerprint density at radius 3 is 1.29 bits per heavy atom. The third kappa shape index (κ3) is 6.89. The van der Waals surface area contributed by atoms with E-state index in [4.69, 9.17) is 9.47 Å². The molecule has 0 radical (unpaired) electrons. The van der Waals surface area contributed by atoms with Crippen molar-refractivity contribution in [1.82, 2.24) is 0 Å². The van der Waals surface area contributed by atoms with Crippen molar-refractivity contribution < 1.29 is 9.47 Å². The van der Waals surface area contributed by atoms with Gasteiger partial charge in [-0.1, -0.05) is 231 Å². The molecule has 4 aliphatic rings. The molecule has 4 nitrogen and oxygen atoms in total. The van der Waals surface area contributed by atoms with E-state index in [2.05, 4.69) is 289 Å². The molecule has 78 heavy (non-hydrogen) atoms. The summed E-state index contributed by atoms with van der Waals surface area (Å²) in [4.78, 5) is 5.15. The second-order valence-corrected chi connectivity index (χ2v) is 20.6. The third-order valence-corrected chi connectivity index (χ3v) is 16.4. The molecule has 0 aromatic heterocycles. The van der Waals surface area contributed by atoms with Gasteiger partial charge in [-0.2, -0.15) is 0 Å². The lowest BCUT2D eigenvalue weighted by molar-refractivity contribution is 0.465. The zero-order valence-electron chi connectivity index (χ0n) is 42.4. The van der Waals surface area contributed by atoms with Crippen LogP contribution < -0.4 is 52.1 Å². The molecule has 0 atom stereocenters. The molecule has 0 N–H and O–H groups in total. The van der Waals surface area contributed by atoms with Crippen molar-refractivity contribution in [2.45, 2.75) is 0 Å². The summed E-state index contributed by atoms with van der Waals surface area (Å²) >= 11 is 0. The predicted octanol–water partition coefficient (Wildman–Crippen LogP) is 14.8. The van der Waals surface area contributed by atoms with E-state index in [0.717, 1.165) is 129 Å². The molecule has 12 aromatic carbocycles. The first-order valence-electron chi connectivity index (χ1n) is 26.9. The smallest absolute Gasteiger partial charge is 0.260 e. The number of ether oxygens (including phenoxy) is 2. The van der Waals surface area contributed by atoms with Gasteiger partial charge >= 0.3 is 0 Å². The Labute approximate surface area is 454 Å². The number of para-hydroxylation sites is 4. The average molecular weight is 993 g/mol. The minimum Gasteiger partial charge on any atom is -0.458 e. The maximum absolute atomic E-state index is 7.45. The molecule has 0 fully saturated rings. The van der Waals surface area contributed by atoms with Crippen molar-refractivity contribution >= 4 is 80.3 Å². The van der Waals surface area contributed by atoms with E-state index in [0.29, 0.717) is 0 Å². The molecule has 0 spiro atoms. The van der Waals surface area contributed by atoms with Gasteiger partial charge in [-0.05, 0) is 109 Å². The van der Waals surface area contributed by atoms with E-state index in [1.54, 1.807) is 0 Å². The van der Waals surface area contributed by atoms with Crippen LogP contribution >= 0.6 is 0 Å². The highest BCUT2D eigenvalue weighted by atomic mass is 16.5. The number of benzene rings is 12. The lowest BCUT2D eigenvalue weighted by Gasteiger charge is -2.46. The highest BCUT2D eigenvalue weighted by Crippen LogP contribution is 2.53. The van der Waals surface area contributed by atoms with Crippen LogP contribution in [0.2, 0.25) is 0 Å². The first kappa shape index (κ1) is 44.3. The summed E-state index contributed by atoms with van der Waals surface area (Å²) < 4.78 is 14.4. The first-order valence-corrected chi connectivity index (χ1v) is 26.9. The fourth-order valence-corrected chi connectivity index (χ4v) is 13.0. The van der Waals surface area contributed by atoms with Crippen LogP contribution in [0.3, 0.4) is 0 Å². The zero-order valence-corrected chi connectivity index (χ0v) is 42.4. The summed E-state index contributed by atoms with van der Waals surface area (Å²) in [6.45, 7) is -0.327. The van der Waals surface area contributed by atoms with Crippen molar-refractivity contribution in [3.63, 3.8) is 0 Å². The highest BCUT2D eigenvalue weighted by Gasteiger charge is 2.48. The Balaban J connectivity index is 1.04. The Hall–Kier alpha value is -10.0. The van der Waals surface area contributed by atoms with Crippen LogP contribution in [0.25, 0.3) is 55.6 Å². The SMILES string of the molecule is c1ccc(-c2cc3c4c(c2)Oc2cc5c(cc2B4c2ccccc2O3)B2c3ccccc3N(c3ccccc3-c3ccccc3)c3cc(-c4ccccc4)cc(c32)N5c2c(-c3ccccc3)cccc2-c2ccccc2)cc1. The van der Waals surface area contributed by atoms with Gasteiger partial charge < -0.3 is 19.3 Å². The lowest BCUT2D eigenvalue weighted by atomic mass is 9.31. The normalized spacial score (nSPS) is 13.0. The van der Waals surface area contributed by atoms with Crippen molar-refractivity contribution in [1.29, 1.82) is 0 Å². The van der Waals surface area contributed by atoms with Crippen molar-refractivity contribution in [3.05, 3.63) is 279 Å². The van der Waals surface area contributed by atoms with Crippen molar-refractivity contribution in [2.24, 2.45) is 0 Å². The topological polar surface area (TPSA) is 24.9 Å². The molecule has 12 aromatic rings. The van der Waals surface area contributed by atoms with Gasteiger partial charge in [-0.15, -0.1) is 0 Å². The third-order valence-electron chi connectivity index (χ3n) is 16.4. The highest BCUT2D eigenvalue weighted by molar-refractivity contribution is 7.02. The molecular formula is C72H46B2N2O2. The summed E-state index contributed by atoms with van der Waals surface area (Å²) in [7, 11) is 0. The molecule has 16 rings (SSSR count). The number of nitrogens with zero attached hydrogens (tertiary/aromatic N) is 2. The zero-order chi connectivity index (χ0) is 51.3. The Bertz CT molecular complexity index is 4290. The van der Waals surface area contributed by atoms with Gasteiger partial charge in [-0.25, -0.2) is 0 Å². The van der Waals surface area contributed by atoms with Gasteiger partial charge in [0, 0.05) is 51.0 Å². The fourth-order valence-electron chi connectivity index (χ4n) is 13.0. The summed E-state index contributed by atoms with van der Waals surface area (Å²) in [6, 6.07) is 102. The van der Waals surface area contributed by atoms with Gasteiger partial charge in [0.05, 0.1) is 11.4 Å². The molecule has 362 valence electrons. The molecule has 4 aliphatic heterocycles. The number of hydrogen-bond acceptors (Lipinski definition) is 4. The maximum Gasteiger partial charge on any atom is 0.260 e. The fraction of sp³-hybridized carbons (Fsp3) is 0. The summed E-state index contributed by atoms with van der Waals surface area (Å²) in [5.41, 5.74) is 24.9. The molecule has 0 saturated carbocycles. The second-order valence-electron chi connectivity index (χ2n) is 20.6. The minimum absolute atomic E-state index is 0.154. The predicted molar refractivity (Wildman–Crippen MR) is 325 cm³/mol. The molecule has 0 aliphatic carbocycles. The quantitative estimate of drug-likeness (QED) is 0.149. The maximum atomic E-state index is 7.45. The first-order chi connectivity index (χ1) is 38.7. The van der Waals surface area contributed by atoms with Gasteiger partial charge in [0.25, 0.3) is 13.4 Å². The largest absolute Gasteiger partial charge is 0.458 e. The average Bonchev–Trinajstić information content (AvgIpc) is 3.31. The molecule has 4 heterocycles. The number of hydrogen-bond donors (Lipinski definition) is 0. The van der Waals surface area contributed by atoms with Crippen LogP contribution in [-0.2, 0) is 0 Å². The molecule has 6 heteroatoms. The van der Waals surface area contributed by atoms with Gasteiger partial charge in [0.2, 0.25) is 0 Å². The monoisotopic (exact) mass is 992 g/mol. The standard InChI is InChI=1S/C72H46B2N2O2/c1-6-23-47(24-7-1)52-41-64-70-65(42-52)76(72-55(50-29-12-4-13-30-50)34-22-35-56(72)51-31-14-5-15-32-51)63-46-67-60(74-58-37-18-21-40-66(58)77-68-43-53(44-69(78-67)71(68)74)48-25-8-2-9-26-48)45-59(63)73(70)57-36-17-20-39-62(57)75(64)61-38-19-16-33-54(61)49-27-10-3-11-28-49/h1-46H. The van der Waals surface area contributed by atoms with Gasteiger partial charge in [-0.3, -0.25) is 0 Å². The molecule has 0 bridgehead atoms. The van der Waals surface area contributed by atoms with Crippen LogP contribution in [-0.4, -0.2) is 13.4 Å². The van der Waals surface area contributed by atoms with E-state index in [-0.39, 0.29) is 13.4 Å². The summed E-state index contributed by atoms with van der Waals surface area (Å²) in [6.07, 6.45) is 0. The summed E-state index contributed by atoms with van der Waals surface area (Å²) in [5.74, 6) is 3.31. The molecule has 0 unspecified atom stereocenters. The molecule has 0 amide bonds. The summed E-state index contributed by atoms with van der Waals surface area (Å²) in [5, 5.41) is 0. The number of anilines is 6. The van der Waals surface area contributed by atoms with Crippen LogP contribution in [0, 0.1) is 0 Å². The van der Waals surface area contributed by atoms with Crippen molar-refractivity contribution in [3.8, 4) is 78.6 Å². The van der Waals surface area contributed by atoms with Gasteiger partial charge in [0.15, 0.2) is 0 Å². The minimum atomic E-state index is -0.173. The second kappa shape index (κ2) is 17.8. The Morgan fingerprint density at radius 2 is 0.679 bits per heavy atom. The molecule has 0 saturated heterocycles. The molecular weight excluding hydrogens is 946 g/mol. The van der Waals surface area contributed by atoms with Gasteiger partial charge in [0.1, 0.15) is 23.0 Å². The number of fused-ring (bicyclic) bond motifs is 8. The van der Waals surface area contributed by atoms with Crippen LogP contribution in [0.15, 0.2) is 279 Å². The van der Waals surface area contributed by atoms with E-state index in [1.807, 2.05) is 0 Å². The van der Waals surface area contributed by atoms with E-state index < -0.39 is 0 Å². The van der Waals surface area contributed by atoms with Crippen molar-refractivity contribution in [2.75, 3.05) is 9.80 Å². The number of rotatable bonds is 7. The Kier molecular flexibility index (Phi) is 10.1. The van der Waals surface area contributed by atoms with Crippen LogP contribution in [0.4, 0.5) is 34.1 Å². The van der Waals surface area contributed by atoms with E-state index in [9.17, 15) is 0 Å².